The van der Waals surface area contributed by atoms with Crippen molar-refractivity contribution >= 4 is 24.6 Å². The predicted octanol–water partition coefficient (Wildman–Crippen LogP) is 3.74. The number of morpholine rings is 1. The molecule has 28 heavy (non-hydrogen) atoms. The van der Waals surface area contributed by atoms with Crippen molar-refractivity contribution in [3.63, 3.8) is 0 Å². The van der Waals surface area contributed by atoms with Crippen molar-refractivity contribution in [2.45, 2.75) is 25.3 Å². The van der Waals surface area contributed by atoms with Gasteiger partial charge >= 0.3 is 0 Å². The summed E-state index contributed by atoms with van der Waals surface area (Å²) in [6.07, 6.45) is 0.990. The Morgan fingerprint density at radius 2 is 1.75 bits per heavy atom. The second-order valence-electron chi connectivity index (χ2n) is 6.95. The summed E-state index contributed by atoms with van der Waals surface area (Å²) in [4.78, 5) is 5.44. The molecule has 10 heteroatoms. The molecule has 2 aliphatic rings. The number of rotatable bonds is 4. The fraction of sp³-hybridized carbons (Fsp3) is 0.500. The second kappa shape index (κ2) is 8.52. The van der Waals surface area contributed by atoms with Gasteiger partial charge in [0.2, 0.25) is 0 Å². The minimum absolute atomic E-state index is 0. The van der Waals surface area contributed by atoms with E-state index in [0.29, 0.717) is 24.4 Å². The van der Waals surface area contributed by atoms with Gasteiger partial charge < -0.3 is 14.3 Å². The van der Waals surface area contributed by atoms with Crippen LogP contribution in [0.1, 0.15) is 22.9 Å². The maximum absolute atomic E-state index is 14.2. The van der Waals surface area contributed by atoms with E-state index in [1.807, 2.05) is 0 Å². The molecule has 0 saturated carbocycles. The summed E-state index contributed by atoms with van der Waals surface area (Å²) in [5.74, 6) is -6.09. The van der Waals surface area contributed by atoms with Gasteiger partial charge in [-0.3, -0.25) is 4.90 Å². The van der Waals surface area contributed by atoms with Crippen molar-refractivity contribution < 1.29 is 22.3 Å². The maximum Gasteiger partial charge on any atom is 0.177 e. The van der Waals surface area contributed by atoms with Crippen LogP contribution < -0.4 is 0 Å². The number of benzene rings is 1. The molecular formula is C18H20ClF4N3OS. The van der Waals surface area contributed by atoms with Crippen LogP contribution in [0.15, 0.2) is 6.07 Å². The summed E-state index contributed by atoms with van der Waals surface area (Å²) >= 11 is 5.33. The average molecular weight is 438 g/mol. The maximum atomic E-state index is 14.2. The number of aromatic amines is 1. The first-order chi connectivity index (χ1) is 13.0. The number of nitrogens with one attached hydrogen (secondary N) is 1. The van der Waals surface area contributed by atoms with E-state index in [4.69, 9.17) is 17.0 Å². The number of nitrogens with zero attached hydrogens (tertiary/aromatic N) is 2. The highest BCUT2D eigenvalue weighted by atomic mass is 35.5. The molecule has 1 aromatic heterocycles. The molecule has 4 rings (SSSR count). The lowest BCUT2D eigenvalue weighted by atomic mass is 9.94. The quantitative estimate of drug-likeness (QED) is 0.449. The molecule has 0 amide bonds. The molecule has 1 fully saturated rings. The highest BCUT2D eigenvalue weighted by molar-refractivity contribution is 7.71. The molecule has 154 valence electrons. The van der Waals surface area contributed by atoms with Crippen molar-refractivity contribution in [1.82, 2.24) is 14.5 Å². The number of imidazole rings is 1. The van der Waals surface area contributed by atoms with Crippen LogP contribution in [-0.4, -0.2) is 47.3 Å². The van der Waals surface area contributed by atoms with Crippen LogP contribution in [0.25, 0.3) is 0 Å². The van der Waals surface area contributed by atoms with Crippen molar-refractivity contribution in [1.29, 1.82) is 0 Å². The normalized spacial score (nSPS) is 19.5. The number of aromatic nitrogens is 2. The van der Waals surface area contributed by atoms with Gasteiger partial charge in [0.05, 0.1) is 13.2 Å². The standard InChI is InChI=1S/C18H19F4N3OS.ClH/c19-11-8-12(20)17(22)15(16(11)21)10-7-14-13(23-18(27)25(14)9-10)1-2-24-3-5-26-6-4-24;/h8,10H,1-7,9H2,(H,23,27);1H/t10-;/m0./s1. The molecule has 3 heterocycles. The molecule has 0 spiro atoms. The van der Waals surface area contributed by atoms with Crippen molar-refractivity contribution in [3.05, 3.63) is 51.1 Å². The van der Waals surface area contributed by atoms with Gasteiger partial charge in [0, 0.05) is 61.5 Å². The number of fused-ring (bicyclic) bond motifs is 1. The van der Waals surface area contributed by atoms with Crippen molar-refractivity contribution in [3.8, 4) is 0 Å². The third-order valence-corrected chi connectivity index (χ3v) is 5.68. The topological polar surface area (TPSA) is 33.2 Å². The highest BCUT2D eigenvalue weighted by Gasteiger charge is 2.33. The Bertz CT molecular complexity index is 900. The van der Waals surface area contributed by atoms with E-state index in [-0.39, 0.29) is 31.4 Å². The Balaban J connectivity index is 0.00000225. The van der Waals surface area contributed by atoms with E-state index in [1.165, 1.54) is 0 Å². The number of ether oxygens (including phenoxy) is 1. The Labute approximate surface area is 170 Å². The monoisotopic (exact) mass is 437 g/mol. The van der Waals surface area contributed by atoms with Gasteiger partial charge in [0.25, 0.3) is 0 Å². The molecule has 1 N–H and O–H groups in total. The first kappa shape index (κ1) is 21.3. The summed E-state index contributed by atoms with van der Waals surface area (Å²) in [5, 5.41) is 0. The molecule has 4 nitrogen and oxygen atoms in total. The molecule has 2 aromatic rings. The van der Waals surface area contributed by atoms with Crippen molar-refractivity contribution in [2.24, 2.45) is 0 Å². The average Bonchev–Trinajstić information content (AvgIpc) is 3.20. The molecule has 0 unspecified atom stereocenters. The van der Waals surface area contributed by atoms with E-state index in [1.54, 1.807) is 4.57 Å². The first-order valence-corrected chi connectivity index (χ1v) is 9.30. The Hall–Kier alpha value is -1.42. The number of H-pyrrole nitrogens is 1. The molecular weight excluding hydrogens is 418 g/mol. The zero-order valence-electron chi connectivity index (χ0n) is 14.9. The zero-order chi connectivity index (χ0) is 19.1. The SMILES string of the molecule is Cl.Fc1cc(F)c(F)c([C@H]2Cc3c(CCN4CCOCC4)[nH]c(=S)n3C2)c1F. The highest BCUT2D eigenvalue weighted by Crippen LogP contribution is 2.36. The summed E-state index contributed by atoms with van der Waals surface area (Å²) in [5.41, 5.74) is 1.22. The molecule has 1 aromatic carbocycles. The van der Waals surface area contributed by atoms with Crippen LogP contribution in [0.3, 0.4) is 0 Å². The van der Waals surface area contributed by atoms with Gasteiger partial charge in [-0.15, -0.1) is 12.4 Å². The van der Waals surface area contributed by atoms with Crippen LogP contribution in [0.4, 0.5) is 17.6 Å². The molecule has 1 saturated heterocycles. The smallest absolute Gasteiger partial charge is 0.177 e. The van der Waals surface area contributed by atoms with E-state index >= 15 is 0 Å². The van der Waals surface area contributed by atoms with Gasteiger partial charge in [-0.2, -0.15) is 0 Å². The number of hydrogen-bond donors (Lipinski definition) is 1. The first-order valence-electron chi connectivity index (χ1n) is 8.89. The van der Waals surface area contributed by atoms with Crippen LogP contribution in [-0.2, 0) is 24.1 Å². The number of hydrogen-bond acceptors (Lipinski definition) is 3. The molecule has 0 bridgehead atoms. The molecule has 1 atom stereocenters. The van der Waals surface area contributed by atoms with E-state index in [9.17, 15) is 17.6 Å². The minimum Gasteiger partial charge on any atom is -0.379 e. The summed E-state index contributed by atoms with van der Waals surface area (Å²) in [6, 6.07) is 0.240. The Morgan fingerprint density at radius 3 is 2.39 bits per heavy atom. The van der Waals surface area contributed by atoms with Crippen LogP contribution >= 0.6 is 24.6 Å². The van der Waals surface area contributed by atoms with E-state index in [2.05, 4.69) is 9.88 Å². The van der Waals surface area contributed by atoms with Gasteiger partial charge in [0.1, 0.15) is 0 Å². The van der Waals surface area contributed by atoms with E-state index in [0.717, 1.165) is 31.0 Å². The molecule has 0 aliphatic carbocycles. The fourth-order valence-corrected chi connectivity index (χ4v) is 4.25. The Morgan fingerprint density at radius 1 is 1.11 bits per heavy atom. The zero-order valence-corrected chi connectivity index (χ0v) is 16.6. The van der Waals surface area contributed by atoms with Gasteiger partial charge in [-0.05, 0) is 18.6 Å². The predicted molar refractivity (Wildman–Crippen MR) is 101 cm³/mol. The summed E-state index contributed by atoms with van der Waals surface area (Å²) in [6.45, 7) is 4.13. The third-order valence-electron chi connectivity index (χ3n) is 5.36. The fourth-order valence-electron chi connectivity index (χ4n) is 3.94. The van der Waals surface area contributed by atoms with Crippen LogP contribution in [0.2, 0.25) is 0 Å². The van der Waals surface area contributed by atoms with Gasteiger partial charge in [-0.25, -0.2) is 17.6 Å². The third kappa shape index (κ3) is 3.85. The van der Waals surface area contributed by atoms with E-state index < -0.39 is 34.8 Å². The lowest BCUT2D eigenvalue weighted by Gasteiger charge is -2.26. The lowest BCUT2D eigenvalue weighted by molar-refractivity contribution is 0.0383. The Kier molecular flexibility index (Phi) is 6.48. The number of halogens is 5. The van der Waals surface area contributed by atoms with Gasteiger partial charge in [-0.1, -0.05) is 0 Å². The summed E-state index contributed by atoms with van der Waals surface area (Å²) in [7, 11) is 0. The molecule has 2 aliphatic heterocycles. The van der Waals surface area contributed by atoms with Crippen molar-refractivity contribution in [2.75, 3.05) is 32.8 Å². The van der Waals surface area contributed by atoms with Gasteiger partial charge in [0.15, 0.2) is 28.0 Å². The minimum atomic E-state index is -1.38. The largest absolute Gasteiger partial charge is 0.379 e. The summed E-state index contributed by atoms with van der Waals surface area (Å²) < 4.78 is 63.1. The lowest BCUT2D eigenvalue weighted by Crippen LogP contribution is -2.37. The van der Waals surface area contributed by atoms with Crippen LogP contribution in [0, 0.1) is 28.0 Å². The second-order valence-corrected chi connectivity index (χ2v) is 7.34. The molecule has 0 radical (unpaired) electrons. The van der Waals surface area contributed by atoms with Crippen LogP contribution in [0.5, 0.6) is 0 Å².